The van der Waals surface area contributed by atoms with Gasteiger partial charge in [-0.1, -0.05) is 30.7 Å². The molecule has 1 aromatic carbocycles. The molecule has 0 bridgehead atoms. The Kier molecular flexibility index (Phi) is 2.59. The number of hydrogen-bond acceptors (Lipinski definition) is 1. The Balaban J connectivity index is 2.31. The number of benzene rings is 1. The van der Waals surface area contributed by atoms with Crippen LogP contribution in [0, 0.1) is 0 Å². The van der Waals surface area contributed by atoms with Gasteiger partial charge in [0.1, 0.15) is 12.5 Å². The minimum absolute atomic E-state index is 0.276. The third kappa shape index (κ3) is 1.58. The molecule has 1 aromatic rings. The first kappa shape index (κ1) is 10.3. The summed E-state index contributed by atoms with van der Waals surface area (Å²) in [6.07, 6.45) is 2.95. The molecule has 0 radical (unpaired) electrons. The molecular weight excluding hydrogens is 191 g/mol. The van der Waals surface area contributed by atoms with Crippen LogP contribution in [0.3, 0.4) is 0 Å². The van der Waals surface area contributed by atoms with E-state index in [4.69, 9.17) is 0 Å². The SMILES string of the molecule is CC(F)C1(c2ccc(C=O)cc2)CCC1. The molecule has 1 nitrogen and oxygen atoms in total. The van der Waals surface area contributed by atoms with E-state index in [1.807, 2.05) is 12.1 Å². The summed E-state index contributed by atoms with van der Waals surface area (Å²) >= 11 is 0. The molecule has 0 N–H and O–H groups in total. The van der Waals surface area contributed by atoms with Crippen molar-refractivity contribution in [3.8, 4) is 0 Å². The Morgan fingerprint density at radius 1 is 1.33 bits per heavy atom. The van der Waals surface area contributed by atoms with E-state index in [9.17, 15) is 9.18 Å². The van der Waals surface area contributed by atoms with Gasteiger partial charge in [0.25, 0.3) is 0 Å². The molecule has 15 heavy (non-hydrogen) atoms. The maximum absolute atomic E-state index is 13.6. The predicted octanol–water partition coefficient (Wildman–Crippen LogP) is 3.28. The number of carbonyl (C=O) groups excluding carboxylic acids is 1. The average Bonchev–Trinajstić information content (AvgIpc) is 2.16. The summed E-state index contributed by atoms with van der Waals surface area (Å²) in [5.74, 6) is 0. The van der Waals surface area contributed by atoms with E-state index >= 15 is 0 Å². The van der Waals surface area contributed by atoms with Gasteiger partial charge >= 0.3 is 0 Å². The Morgan fingerprint density at radius 2 is 1.93 bits per heavy atom. The van der Waals surface area contributed by atoms with Crippen LogP contribution in [-0.4, -0.2) is 12.5 Å². The Bertz CT molecular complexity index is 349. The highest BCUT2D eigenvalue weighted by Crippen LogP contribution is 2.47. The van der Waals surface area contributed by atoms with E-state index < -0.39 is 6.17 Å². The highest BCUT2D eigenvalue weighted by atomic mass is 19.1. The lowest BCUT2D eigenvalue weighted by atomic mass is 9.62. The molecule has 1 aliphatic rings. The Labute approximate surface area is 89.3 Å². The number of carbonyl (C=O) groups is 1. The van der Waals surface area contributed by atoms with Gasteiger partial charge in [-0.25, -0.2) is 4.39 Å². The lowest BCUT2D eigenvalue weighted by Crippen LogP contribution is -2.41. The first-order chi connectivity index (χ1) is 7.19. The molecule has 2 rings (SSSR count). The summed E-state index contributed by atoms with van der Waals surface area (Å²) in [6.45, 7) is 1.63. The Hall–Kier alpha value is -1.18. The molecule has 0 heterocycles. The van der Waals surface area contributed by atoms with E-state index in [0.29, 0.717) is 5.56 Å². The van der Waals surface area contributed by atoms with E-state index in [2.05, 4.69) is 0 Å². The minimum Gasteiger partial charge on any atom is -0.298 e. The van der Waals surface area contributed by atoms with E-state index in [1.165, 1.54) is 0 Å². The maximum Gasteiger partial charge on any atom is 0.150 e. The van der Waals surface area contributed by atoms with E-state index in [1.54, 1.807) is 19.1 Å². The fourth-order valence-electron chi connectivity index (χ4n) is 2.37. The summed E-state index contributed by atoms with van der Waals surface area (Å²) in [6, 6.07) is 7.31. The second kappa shape index (κ2) is 3.76. The smallest absolute Gasteiger partial charge is 0.150 e. The second-order valence-electron chi connectivity index (χ2n) is 4.37. The topological polar surface area (TPSA) is 17.1 Å². The molecule has 1 saturated carbocycles. The van der Waals surface area contributed by atoms with Gasteiger partial charge in [0.2, 0.25) is 0 Å². The van der Waals surface area contributed by atoms with Crippen molar-refractivity contribution < 1.29 is 9.18 Å². The van der Waals surface area contributed by atoms with Crippen molar-refractivity contribution in [2.45, 2.75) is 37.8 Å². The van der Waals surface area contributed by atoms with Gasteiger partial charge in [0.15, 0.2) is 0 Å². The third-order valence-electron chi connectivity index (χ3n) is 3.63. The van der Waals surface area contributed by atoms with Crippen LogP contribution in [0.1, 0.15) is 42.1 Å². The zero-order valence-electron chi connectivity index (χ0n) is 8.87. The van der Waals surface area contributed by atoms with Crippen LogP contribution < -0.4 is 0 Å². The van der Waals surface area contributed by atoms with Gasteiger partial charge in [-0.3, -0.25) is 4.79 Å². The van der Waals surface area contributed by atoms with E-state index in [0.717, 1.165) is 31.1 Å². The lowest BCUT2D eigenvalue weighted by Gasteiger charge is -2.43. The summed E-state index contributed by atoms with van der Waals surface area (Å²) in [7, 11) is 0. The molecule has 0 aromatic heterocycles. The van der Waals surface area contributed by atoms with Gasteiger partial charge in [-0.2, -0.15) is 0 Å². The van der Waals surface area contributed by atoms with Crippen molar-refractivity contribution in [1.29, 1.82) is 0 Å². The van der Waals surface area contributed by atoms with Gasteiger partial charge in [0.05, 0.1) is 0 Å². The van der Waals surface area contributed by atoms with Crippen molar-refractivity contribution in [2.75, 3.05) is 0 Å². The fraction of sp³-hybridized carbons (Fsp3) is 0.462. The molecule has 1 atom stereocenters. The van der Waals surface area contributed by atoms with Crippen LogP contribution >= 0.6 is 0 Å². The van der Waals surface area contributed by atoms with Gasteiger partial charge in [-0.05, 0) is 25.3 Å². The third-order valence-corrected chi connectivity index (χ3v) is 3.63. The van der Waals surface area contributed by atoms with Crippen LogP contribution in [0.25, 0.3) is 0 Å². The highest BCUT2D eigenvalue weighted by molar-refractivity contribution is 5.74. The van der Waals surface area contributed by atoms with Crippen LogP contribution in [-0.2, 0) is 5.41 Å². The van der Waals surface area contributed by atoms with Crippen LogP contribution in [0.4, 0.5) is 4.39 Å². The van der Waals surface area contributed by atoms with Crippen molar-refractivity contribution in [3.05, 3.63) is 35.4 Å². The predicted molar refractivity (Wildman–Crippen MR) is 57.9 cm³/mol. The van der Waals surface area contributed by atoms with Crippen LogP contribution in [0.15, 0.2) is 24.3 Å². The van der Waals surface area contributed by atoms with Crippen molar-refractivity contribution in [2.24, 2.45) is 0 Å². The molecule has 0 spiro atoms. The number of alkyl halides is 1. The molecule has 2 heteroatoms. The van der Waals surface area contributed by atoms with Crippen molar-refractivity contribution >= 4 is 6.29 Å². The molecule has 0 amide bonds. The first-order valence-corrected chi connectivity index (χ1v) is 5.39. The lowest BCUT2D eigenvalue weighted by molar-refractivity contribution is 0.112. The van der Waals surface area contributed by atoms with Gasteiger partial charge in [-0.15, -0.1) is 0 Å². The summed E-state index contributed by atoms with van der Waals surface area (Å²) < 4.78 is 13.6. The summed E-state index contributed by atoms with van der Waals surface area (Å²) in [5, 5.41) is 0. The molecule has 80 valence electrons. The molecule has 1 aliphatic carbocycles. The normalized spacial score (nSPS) is 20.4. The fourth-order valence-corrected chi connectivity index (χ4v) is 2.37. The number of hydrogen-bond donors (Lipinski definition) is 0. The first-order valence-electron chi connectivity index (χ1n) is 5.39. The zero-order chi connectivity index (χ0) is 10.9. The van der Waals surface area contributed by atoms with Crippen molar-refractivity contribution in [3.63, 3.8) is 0 Å². The molecule has 1 unspecified atom stereocenters. The molecule has 0 saturated heterocycles. The van der Waals surface area contributed by atoms with Crippen LogP contribution in [0.5, 0.6) is 0 Å². The maximum atomic E-state index is 13.6. The van der Waals surface area contributed by atoms with Crippen LogP contribution in [0.2, 0.25) is 0 Å². The molecular formula is C13H15FO. The highest BCUT2D eigenvalue weighted by Gasteiger charge is 2.43. The number of halogens is 1. The summed E-state index contributed by atoms with van der Waals surface area (Å²) in [5.41, 5.74) is 1.41. The standard InChI is InChI=1S/C13H15FO/c1-10(14)13(7-2-8-13)12-5-3-11(9-15)4-6-12/h3-6,9-10H,2,7-8H2,1H3. The van der Waals surface area contributed by atoms with Gasteiger partial charge < -0.3 is 0 Å². The minimum atomic E-state index is -0.812. The molecule has 0 aliphatic heterocycles. The number of rotatable bonds is 3. The van der Waals surface area contributed by atoms with Gasteiger partial charge in [0, 0.05) is 11.0 Å². The number of aldehydes is 1. The molecule has 1 fully saturated rings. The van der Waals surface area contributed by atoms with E-state index in [-0.39, 0.29) is 5.41 Å². The monoisotopic (exact) mass is 206 g/mol. The summed E-state index contributed by atoms with van der Waals surface area (Å²) in [4.78, 5) is 10.5. The zero-order valence-corrected chi connectivity index (χ0v) is 8.87. The quantitative estimate of drug-likeness (QED) is 0.693. The largest absolute Gasteiger partial charge is 0.298 e. The Morgan fingerprint density at radius 3 is 2.27 bits per heavy atom. The second-order valence-corrected chi connectivity index (χ2v) is 4.37. The average molecular weight is 206 g/mol. The van der Waals surface area contributed by atoms with Crippen molar-refractivity contribution in [1.82, 2.24) is 0 Å².